The molecular weight excluding hydrogens is 428 g/mol. The van der Waals surface area contributed by atoms with Crippen LogP contribution in [-0.2, 0) is 4.79 Å². The van der Waals surface area contributed by atoms with Crippen molar-refractivity contribution >= 4 is 51.2 Å². The highest BCUT2D eigenvalue weighted by molar-refractivity contribution is 7.99. The summed E-state index contributed by atoms with van der Waals surface area (Å²) in [5, 5.41) is 11.8. The Morgan fingerprint density at radius 3 is 3.00 bits per heavy atom. The van der Waals surface area contributed by atoms with Crippen molar-refractivity contribution in [3.8, 4) is 12.3 Å². The van der Waals surface area contributed by atoms with Crippen molar-refractivity contribution in [3.63, 3.8) is 0 Å². The van der Waals surface area contributed by atoms with E-state index in [0.717, 1.165) is 5.06 Å². The van der Waals surface area contributed by atoms with Gasteiger partial charge in [0.15, 0.2) is 5.15 Å². The first-order valence-corrected chi connectivity index (χ1v) is 10.9. The Morgan fingerprint density at radius 1 is 1.61 bits per heavy atom. The zero-order chi connectivity index (χ0) is 20.3. The molecule has 1 aromatic rings. The molecular formula is C18H18ClF2N3O2S2. The number of carbonyl (C=O) groups excluding carboxylic acids is 1. The number of aromatic nitrogens is 1. The molecule has 1 unspecified atom stereocenters. The first-order valence-electron chi connectivity index (χ1n) is 8.52. The molecule has 1 atom stereocenters. The van der Waals surface area contributed by atoms with Crippen LogP contribution in [0.4, 0.5) is 13.8 Å². The molecule has 3 rings (SSSR count). The fraction of sp³-hybridized carbons (Fsp3) is 0.444. The lowest BCUT2D eigenvalue weighted by Crippen LogP contribution is -2.31. The summed E-state index contributed by atoms with van der Waals surface area (Å²) < 4.78 is 25.8. The number of thioether (sulfide) groups is 1. The molecule has 0 radical (unpaired) electrons. The van der Waals surface area contributed by atoms with Gasteiger partial charge in [-0.05, 0) is 0 Å². The molecule has 1 aromatic heterocycles. The molecule has 2 aliphatic rings. The van der Waals surface area contributed by atoms with Gasteiger partial charge in [0.1, 0.15) is 10.0 Å². The molecule has 1 aliphatic carbocycles. The number of carbonyl (C=O) groups is 1. The molecule has 0 bridgehead atoms. The number of hydroxylamine groups is 2. The average molecular weight is 446 g/mol. The van der Waals surface area contributed by atoms with Gasteiger partial charge in [-0.2, -0.15) is 11.8 Å². The maximum atomic E-state index is 12.9. The molecule has 1 N–H and O–H groups in total. The van der Waals surface area contributed by atoms with Crippen LogP contribution in [0.3, 0.4) is 0 Å². The van der Waals surface area contributed by atoms with Gasteiger partial charge in [-0.1, -0.05) is 41.0 Å². The fourth-order valence-electron chi connectivity index (χ4n) is 2.59. The van der Waals surface area contributed by atoms with Gasteiger partial charge in [0.25, 0.3) is 5.92 Å². The Balaban J connectivity index is 1.63. The Kier molecular flexibility index (Phi) is 6.65. The summed E-state index contributed by atoms with van der Waals surface area (Å²) in [7, 11) is 0. The summed E-state index contributed by atoms with van der Waals surface area (Å²) >= 11 is 8.78. The number of rotatable bonds is 8. The number of anilines is 1. The molecule has 2 heterocycles. The molecule has 0 saturated heterocycles. The smallest absolute Gasteiger partial charge is 0.252 e. The second-order valence-corrected chi connectivity index (χ2v) is 8.88. The van der Waals surface area contributed by atoms with E-state index in [-0.39, 0.29) is 30.4 Å². The number of hydrogen-bond acceptors (Lipinski definition) is 6. The quantitative estimate of drug-likeness (QED) is 0.481. The van der Waals surface area contributed by atoms with E-state index >= 15 is 0 Å². The van der Waals surface area contributed by atoms with Gasteiger partial charge in [-0.15, -0.1) is 6.42 Å². The minimum atomic E-state index is -2.54. The second kappa shape index (κ2) is 8.82. The maximum absolute atomic E-state index is 12.9. The number of halogens is 3. The predicted octanol–water partition coefficient (Wildman–Crippen LogP) is 4.14. The minimum Gasteiger partial charge on any atom is -0.289 e. The van der Waals surface area contributed by atoms with Crippen molar-refractivity contribution in [3.05, 3.63) is 28.5 Å². The van der Waals surface area contributed by atoms with E-state index in [9.17, 15) is 18.8 Å². The standard InChI is InChI=1S/C18H18ClF2N3O2S2/c1-2-6-24(14(25)5-8-27-11-13-9-18(13,20)21)17-15(19)22-16(28-17)12-4-3-7-23(26)10-12/h1,3-4,10,13,26H,5-9,11H2. The molecule has 1 fully saturated rings. The van der Waals surface area contributed by atoms with Gasteiger partial charge in [0.05, 0.1) is 13.1 Å². The maximum Gasteiger partial charge on any atom is 0.252 e. The predicted molar refractivity (Wildman–Crippen MR) is 109 cm³/mol. The second-order valence-electron chi connectivity index (χ2n) is 6.39. The van der Waals surface area contributed by atoms with Crippen molar-refractivity contribution in [2.24, 2.45) is 5.92 Å². The topological polar surface area (TPSA) is 56.7 Å². The molecule has 1 saturated carbocycles. The summed E-state index contributed by atoms with van der Waals surface area (Å²) in [6, 6.07) is 0. The van der Waals surface area contributed by atoms with Crippen LogP contribution in [-0.4, -0.2) is 51.7 Å². The van der Waals surface area contributed by atoms with Crippen LogP contribution in [0.1, 0.15) is 17.8 Å². The molecule has 5 nitrogen and oxygen atoms in total. The van der Waals surface area contributed by atoms with E-state index in [1.54, 1.807) is 6.08 Å². The highest BCUT2D eigenvalue weighted by Crippen LogP contribution is 2.50. The first-order chi connectivity index (χ1) is 13.3. The van der Waals surface area contributed by atoms with E-state index < -0.39 is 11.8 Å². The Labute approximate surface area is 175 Å². The Bertz CT molecular complexity index is 850. The molecule has 1 amide bonds. The number of thiazole rings is 1. The Morgan fingerprint density at radius 2 is 2.36 bits per heavy atom. The van der Waals surface area contributed by atoms with E-state index in [0.29, 0.717) is 33.6 Å². The van der Waals surface area contributed by atoms with Crippen LogP contribution in [0, 0.1) is 18.3 Å². The molecule has 150 valence electrons. The summed E-state index contributed by atoms with van der Waals surface area (Å²) in [6.07, 6.45) is 10.6. The zero-order valence-corrected chi connectivity index (χ0v) is 17.2. The van der Waals surface area contributed by atoms with Crippen LogP contribution in [0.15, 0.2) is 18.4 Å². The van der Waals surface area contributed by atoms with Crippen molar-refractivity contribution in [1.29, 1.82) is 0 Å². The van der Waals surface area contributed by atoms with Crippen LogP contribution >= 0.6 is 34.7 Å². The Hall–Kier alpha value is -1.60. The monoisotopic (exact) mass is 445 g/mol. The van der Waals surface area contributed by atoms with Crippen LogP contribution in [0.2, 0.25) is 5.15 Å². The third-order valence-corrected chi connectivity index (χ3v) is 6.86. The lowest BCUT2D eigenvalue weighted by Gasteiger charge is -2.18. The minimum absolute atomic E-state index is 0.0343. The highest BCUT2D eigenvalue weighted by Gasteiger charge is 2.56. The number of allylic oxidation sites excluding steroid dienone is 2. The summed E-state index contributed by atoms with van der Waals surface area (Å²) in [5.74, 6) is -0.122. The van der Waals surface area contributed by atoms with Crippen LogP contribution in [0.5, 0.6) is 0 Å². The highest BCUT2D eigenvalue weighted by atomic mass is 35.5. The largest absolute Gasteiger partial charge is 0.289 e. The van der Waals surface area contributed by atoms with E-state index in [1.807, 2.05) is 6.08 Å². The molecule has 10 heteroatoms. The van der Waals surface area contributed by atoms with Crippen molar-refractivity contribution in [1.82, 2.24) is 10.0 Å². The summed E-state index contributed by atoms with van der Waals surface area (Å²) in [6.45, 7) is 0.411. The van der Waals surface area contributed by atoms with Gasteiger partial charge in [-0.3, -0.25) is 20.0 Å². The number of hydrogen-bond donors (Lipinski definition) is 1. The number of nitrogens with zero attached hydrogens (tertiary/aromatic N) is 3. The van der Waals surface area contributed by atoms with E-state index in [4.69, 9.17) is 18.0 Å². The van der Waals surface area contributed by atoms with Gasteiger partial charge < -0.3 is 0 Å². The van der Waals surface area contributed by atoms with E-state index in [2.05, 4.69) is 10.9 Å². The van der Waals surface area contributed by atoms with Crippen molar-refractivity contribution in [2.45, 2.75) is 18.8 Å². The molecule has 28 heavy (non-hydrogen) atoms. The van der Waals surface area contributed by atoms with Gasteiger partial charge in [0, 0.05) is 42.0 Å². The summed E-state index contributed by atoms with van der Waals surface area (Å²) in [5.41, 5.74) is 0.668. The number of alkyl halides is 2. The number of amides is 1. The van der Waals surface area contributed by atoms with E-state index in [1.165, 1.54) is 34.2 Å². The average Bonchev–Trinajstić information content (AvgIpc) is 3.07. The lowest BCUT2D eigenvalue weighted by atomic mass is 10.2. The van der Waals surface area contributed by atoms with Crippen LogP contribution in [0.25, 0.3) is 5.57 Å². The zero-order valence-electron chi connectivity index (χ0n) is 14.8. The van der Waals surface area contributed by atoms with Gasteiger partial charge >= 0.3 is 0 Å². The van der Waals surface area contributed by atoms with Crippen LogP contribution < -0.4 is 4.90 Å². The third kappa shape index (κ3) is 5.06. The van der Waals surface area contributed by atoms with Crippen molar-refractivity contribution < 1.29 is 18.8 Å². The normalized spacial score (nSPS) is 19.9. The van der Waals surface area contributed by atoms with Gasteiger partial charge in [-0.25, -0.2) is 13.8 Å². The van der Waals surface area contributed by atoms with Crippen molar-refractivity contribution in [2.75, 3.05) is 29.5 Å². The first kappa shape index (κ1) is 21.1. The SMILES string of the molecule is C#CCN(C(=O)CCSCC1CC1(F)F)c1sc(C2=CN(O)CC=C2)nc1Cl. The fourth-order valence-corrected chi connectivity index (χ4v) is 5.04. The molecule has 0 spiro atoms. The van der Waals surface area contributed by atoms with Gasteiger partial charge in [0.2, 0.25) is 5.91 Å². The molecule has 0 aromatic carbocycles. The summed E-state index contributed by atoms with van der Waals surface area (Å²) in [4.78, 5) is 18.3. The third-order valence-electron chi connectivity index (χ3n) is 4.23. The lowest BCUT2D eigenvalue weighted by molar-refractivity contribution is -0.118. The molecule has 1 aliphatic heterocycles. The number of terminal acetylenes is 1.